The molecule has 1 amide bonds. The number of nitrogens with one attached hydrogen (secondary N) is 1. The molecule has 3 aromatic carbocycles. The predicted octanol–water partition coefficient (Wildman–Crippen LogP) is 4.05. The van der Waals surface area contributed by atoms with Crippen LogP contribution in [0.5, 0.6) is 0 Å². The fraction of sp³-hybridized carbons (Fsp3) is 0.382. The molecule has 1 heterocycles. The van der Waals surface area contributed by atoms with Crippen LogP contribution in [0, 0.1) is 0 Å². The maximum Gasteiger partial charge on any atom is 0.255 e. The van der Waals surface area contributed by atoms with Gasteiger partial charge in [-0.05, 0) is 53.3 Å². The van der Waals surface area contributed by atoms with Crippen LogP contribution >= 0.6 is 23.2 Å². The lowest BCUT2D eigenvalue weighted by Crippen LogP contribution is -2.59. The number of aliphatic carboxylic acids is 1. The van der Waals surface area contributed by atoms with Crippen molar-refractivity contribution in [2.75, 3.05) is 6.26 Å². The molecule has 5 rings (SSSR count). The van der Waals surface area contributed by atoms with Crippen molar-refractivity contribution in [2.45, 2.75) is 75.6 Å². The molecule has 1 fully saturated rings. The summed E-state index contributed by atoms with van der Waals surface area (Å²) in [5.74, 6) is -3.27. The molecule has 4 atom stereocenters. The molecule has 2 aliphatic rings. The second kappa shape index (κ2) is 13.8. The predicted molar refractivity (Wildman–Crippen MR) is 175 cm³/mol. The highest BCUT2D eigenvalue weighted by atomic mass is 35.5. The van der Waals surface area contributed by atoms with E-state index >= 15 is 0 Å². The van der Waals surface area contributed by atoms with Crippen molar-refractivity contribution >= 4 is 51.0 Å². The van der Waals surface area contributed by atoms with E-state index in [1.54, 1.807) is 79.4 Å². The number of nitrogens with zero attached hydrogens (tertiary/aromatic N) is 2. The summed E-state index contributed by atoms with van der Waals surface area (Å²) in [6.07, 6.45) is 3.62. The van der Waals surface area contributed by atoms with E-state index in [1.807, 2.05) is 0 Å². The third-order valence-corrected chi connectivity index (χ3v) is 10.2. The van der Waals surface area contributed by atoms with Gasteiger partial charge in [-0.3, -0.25) is 4.79 Å². The van der Waals surface area contributed by atoms with Gasteiger partial charge in [0.25, 0.3) is 5.91 Å². The summed E-state index contributed by atoms with van der Waals surface area (Å²) in [4.78, 5) is 33.0. The number of halogens is 2. The number of carboxylic acid groups (broad SMARTS) is 1. The number of carbonyl (C=O) groups excluding carboxylic acids is 2. The Morgan fingerprint density at radius 3 is 2.36 bits per heavy atom. The smallest absolute Gasteiger partial charge is 0.255 e. The third kappa shape index (κ3) is 7.43. The van der Waals surface area contributed by atoms with E-state index in [-0.39, 0.29) is 17.5 Å². The number of benzene rings is 3. The summed E-state index contributed by atoms with van der Waals surface area (Å²) in [7, 11) is -3.62. The van der Waals surface area contributed by atoms with Crippen LogP contribution in [0.25, 0.3) is 0 Å². The molecule has 0 unspecified atom stereocenters. The number of sulfonamides is 1. The van der Waals surface area contributed by atoms with Crippen LogP contribution in [0.4, 0.5) is 0 Å². The topological polar surface area (TPSA) is 151 Å². The minimum Gasteiger partial charge on any atom is -0.859 e. The van der Waals surface area contributed by atoms with Crippen LogP contribution in [0.3, 0.4) is 0 Å². The Labute approximate surface area is 284 Å². The van der Waals surface area contributed by atoms with Gasteiger partial charge in [-0.1, -0.05) is 98.4 Å². The van der Waals surface area contributed by atoms with Gasteiger partial charge in [0.2, 0.25) is 10.0 Å². The molecule has 3 aromatic rings. The van der Waals surface area contributed by atoms with Gasteiger partial charge >= 0.3 is 0 Å². The average Bonchev–Trinajstić information content (AvgIpc) is 3.01. The van der Waals surface area contributed by atoms with Gasteiger partial charge < -0.3 is 24.7 Å². The van der Waals surface area contributed by atoms with E-state index in [9.17, 15) is 28.2 Å². The summed E-state index contributed by atoms with van der Waals surface area (Å²) in [5, 5.41) is 30.3. The fourth-order valence-electron chi connectivity index (χ4n) is 6.47. The largest absolute Gasteiger partial charge is 0.859 e. The molecule has 1 aliphatic heterocycles. The highest BCUT2D eigenvalue weighted by Crippen LogP contribution is 2.47. The lowest BCUT2D eigenvalue weighted by molar-refractivity contribution is -0.312. The van der Waals surface area contributed by atoms with Crippen molar-refractivity contribution in [3.63, 3.8) is 0 Å². The van der Waals surface area contributed by atoms with Crippen LogP contribution in [-0.4, -0.2) is 49.4 Å². The molecule has 1 saturated carbocycles. The second-order valence-corrected chi connectivity index (χ2v) is 15.2. The molecular weight excluding hydrogens is 665 g/mol. The Morgan fingerprint density at radius 2 is 1.70 bits per heavy atom. The molecular formula is C34H35Cl2N3O7S-2. The van der Waals surface area contributed by atoms with Crippen LogP contribution < -0.4 is 14.9 Å². The van der Waals surface area contributed by atoms with Crippen molar-refractivity contribution < 1.29 is 33.1 Å². The van der Waals surface area contributed by atoms with Gasteiger partial charge in [-0.15, -0.1) is 5.16 Å². The van der Waals surface area contributed by atoms with Crippen molar-refractivity contribution in [2.24, 2.45) is 5.16 Å². The highest BCUT2D eigenvalue weighted by Gasteiger charge is 2.47. The first-order valence-corrected chi connectivity index (χ1v) is 17.9. The molecule has 1 N–H and O–H groups in total. The van der Waals surface area contributed by atoms with Gasteiger partial charge in [0, 0.05) is 44.9 Å². The molecule has 250 valence electrons. The minimum absolute atomic E-state index is 0.0792. The van der Waals surface area contributed by atoms with Crippen LogP contribution in [0.2, 0.25) is 10.0 Å². The zero-order valence-corrected chi connectivity index (χ0v) is 28.4. The zero-order chi connectivity index (χ0) is 34.1. The summed E-state index contributed by atoms with van der Waals surface area (Å²) in [6, 6.07) is 16.2. The number of amides is 1. The van der Waals surface area contributed by atoms with E-state index in [0.29, 0.717) is 45.7 Å². The Kier molecular flexibility index (Phi) is 10.2. The lowest BCUT2D eigenvalue weighted by Gasteiger charge is -2.50. The molecule has 0 radical (unpaired) electrons. The van der Waals surface area contributed by atoms with E-state index in [2.05, 4.69) is 9.88 Å². The standard InChI is InChI=1S/C34H37Cl2N3O7S/c1-34(2,33(42)43)21-14-12-20(13-15-21)19-46-37-31(40)29-23-8-4-5-9-24(23)32(41)39(30(29)25-17-16-22(35)18-26(25)36)28-11-7-6-10-27(28)38-47(3,44)45/h4-5,8-9,12-18,27-30,38H,6-7,10-11,19H2,1-3H3,(H,37,40)(H,42,43)/p-2/t27-,28-,29+,30-/m0/s1. The summed E-state index contributed by atoms with van der Waals surface area (Å²) in [6.45, 7) is 3.02. The van der Waals surface area contributed by atoms with Gasteiger partial charge in [0.05, 0.1) is 18.3 Å². The molecule has 13 heteroatoms. The van der Waals surface area contributed by atoms with Crippen LogP contribution in [0.15, 0.2) is 71.9 Å². The van der Waals surface area contributed by atoms with Crippen molar-refractivity contribution in [3.8, 4) is 0 Å². The van der Waals surface area contributed by atoms with Gasteiger partial charge in [0.15, 0.2) is 0 Å². The number of hydrogen-bond acceptors (Lipinski definition) is 8. The van der Waals surface area contributed by atoms with E-state index in [1.165, 1.54) is 6.07 Å². The summed E-state index contributed by atoms with van der Waals surface area (Å²) in [5.41, 5.74) is 1.21. The first kappa shape index (κ1) is 34.7. The van der Waals surface area contributed by atoms with E-state index in [0.717, 1.165) is 19.1 Å². The van der Waals surface area contributed by atoms with Crippen molar-refractivity contribution in [1.29, 1.82) is 0 Å². The molecule has 0 aromatic heterocycles. The summed E-state index contributed by atoms with van der Waals surface area (Å²) >= 11 is 13.0. The highest BCUT2D eigenvalue weighted by molar-refractivity contribution is 7.88. The minimum atomic E-state index is -3.62. The first-order chi connectivity index (χ1) is 22.2. The lowest BCUT2D eigenvalue weighted by atomic mass is 9.77. The Hall–Kier alpha value is -3.64. The van der Waals surface area contributed by atoms with Gasteiger partial charge in [-0.2, -0.15) is 0 Å². The van der Waals surface area contributed by atoms with Gasteiger partial charge in [-0.25, -0.2) is 13.1 Å². The molecule has 47 heavy (non-hydrogen) atoms. The first-order valence-electron chi connectivity index (χ1n) is 15.2. The molecule has 0 spiro atoms. The number of carboxylic acids is 1. The van der Waals surface area contributed by atoms with Crippen molar-refractivity contribution in [3.05, 3.63) is 105 Å². The SMILES string of the molecule is CC(C)(C(=O)[O-])c1ccc(CO/N=C(/[O-])[C@@H]2c3ccccc3C(=O)N([C@H]3CCCC[C@@H]3NS(C)(=O)=O)[C@H]2c2ccc(Cl)cc2Cl)cc1. The number of carbonyl (C=O) groups is 2. The molecule has 10 nitrogen and oxygen atoms in total. The monoisotopic (exact) mass is 699 g/mol. The normalized spacial score (nSPS) is 22.1. The number of oxime groups is 1. The molecule has 0 saturated heterocycles. The molecule has 1 aliphatic carbocycles. The molecule has 0 bridgehead atoms. The quantitative estimate of drug-likeness (QED) is 0.190. The van der Waals surface area contributed by atoms with Crippen LogP contribution in [-0.2, 0) is 31.7 Å². The number of rotatable bonds is 10. The Bertz CT molecular complexity index is 1800. The fourth-order valence-corrected chi connectivity index (χ4v) is 7.82. The average molecular weight is 701 g/mol. The Balaban J connectivity index is 1.56. The maximum absolute atomic E-state index is 14.4. The zero-order valence-electron chi connectivity index (χ0n) is 26.1. The second-order valence-electron chi connectivity index (χ2n) is 12.5. The van der Waals surface area contributed by atoms with Crippen LogP contribution in [0.1, 0.15) is 84.1 Å². The third-order valence-electron chi connectivity index (χ3n) is 8.95. The number of hydrogen-bond donors (Lipinski definition) is 1. The number of fused-ring (bicyclic) bond motifs is 1. The van der Waals surface area contributed by atoms with Gasteiger partial charge in [0.1, 0.15) is 6.61 Å². The van der Waals surface area contributed by atoms with Crippen molar-refractivity contribution in [1.82, 2.24) is 9.62 Å². The van der Waals surface area contributed by atoms with E-state index < -0.39 is 51.3 Å². The maximum atomic E-state index is 14.4. The Morgan fingerprint density at radius 1 is 1.02 bits per heavy atom. The van der Waals surface area contributed by atoms with E-state index in [4.69, 9.17) is 28.0 Å². The summed E-state index contributed by atoms with van der Waals surface area (Å²) < 4.78 is 27.5.